The van der Waals surface area contributed by atoms with E-state index in [4.69, 9.17) is 4.52 Å². The lowest BCUT2D eigenvalue weighted by atomic mass is 9.41. The molecule has 8 rings (SSSR count). The molecule has 6 saturated carbocycles. The maximum atomic E-state index is 14.1. The Hall–Kier alpha value is -1.97. The molecular formula is C26H28BrF4N3O2. The molecule has 0 N–H and O–H groups in total. The van der Waals surface area contributed by atoms with E-state index in [0.717, 1.165) is 45.4 Å². The van der Waals surface area contributed by atoms with E-state index in [1.807, 2.05) is 0 Å². The van der Waals surface area contributed by atoms with Gasteiger partial charge in [-0.3, -0.25) is 4.79 Å². The summed E-state index contributed by atoms with van der Waals surface area (Å²) in [5, 5.41) is 3.92. The van der Waals surface area contributed by atoms with Gasteiger partial charge in [0, 0.05) is 31.0 Å². The number of benzene rings is 1. The molecule has 1 aromatic carbocycles. The van der Waals surface area contributed by atoms with Crippen LogP contribution in [0.25, 0.3) is 0 Å². The minimum Gasteiger partial charge on any atom is -0.333 e. The van der Waals surface area contributed by atoms with Crippen LogP contribution >= 0.6 is 15.9 Å². The summed E-state index contributed by atoms with van der Waals surface area (Å²) in [6, 6.07) is 4.60. The van der Waals surface area contributed by atoms with Crippen molar-refractivity contribution in [3.63, 3.8) is 0 Å². The van der Waals surface area contributed by atoms with E-state index in [-0.39, 0.29) is 26.6 Å². The van der Waals surface area contributed by atoms with Crippen LogP contribution in [-0.4, -0.2) is 28.3 Å². The minimum atomic E-state index is -3.18. The van der Waals surface area contributed by atoms with Crippen LogP contribution in [0, 0.1) is 16.6 Å². The molecule has 1 amide bonds. The number of hydrogen-bond acceptors (Lipinski definition) is 4. The minimum absolute atomic E-state index is 0.0555. The van der Waals surface area contributed by atoms with Gasteiger partial charge < -0.3 is 9.42 Å². The van der Waals surface area contributed by atoms with Gasteiger partial charge in [-0.05, 0) is 103 Å². The van der Waals surface area contributed by atoms with Crippen LogP contribution in [0.15, 0.2) is 27.2 Å². The summed E-state index contributed by atoms with van der Waals surface area (Å²) in [5.74, 6) is -3.94. The summed E-state index contributed by atoms with van der Waals surface area (Å²) in [4.78, 5) is 19.4. The molecule has 6 aliphatic rings. The zero-order valence-electron chi connectivity index (χ0n) is 20.1. The highest BCUT2D eigenvalue weighted by molar-refractivity contribution is 9.10. The molecule has 0 spiro atoms. The maximum absolute atomic E-state index is 14.1. The molecule has 0 atom stereocenters. The van der Waals surface area contributed by atoms with Crippen molar-refractivity contribution >= 4 is 27.5 Å². The number of fused-ring (bicyclic) bond motifs is 3. The summed E-state index contributed by atoms with van der Waals surface area (Å²) >= 11 is 3.24. The number of amides is 1. The second kappa shape index (κ2) is 7.77. The normalized spacial score (nSPS) is 34.7. The monoisotopic (exact) mass is 569 g/mol. The van der Waals surface area contributed by atoms with E-state index in [1.54, 1.807) is 17.0 Å². The number of carbonyl (C=O) groups excluding carboxylic acids is 1. The fraction of sp³-hybridized carbons (Fsp3) is 0.654. The van der Waals surface area contributed by atoms with Gasteiger partial charge in [0.05, 0.1) is 4.47 Å². The maximum Gasteiger partial charge on any atom is 0.322 e. The SMILES string of the molecule is CC(F)(F)c1nc(C23CCC(CN(C(=O)CC45CC(F)(C4)C5)c4ccc(F)c(Br)c4)(CC2)CC3)no1. The second-order valence-electron chi connectivity index (χ2n) is 12.0. The topological polar surface area (TPSA) is 59.2 Å². The molecular weight excluding hydrogens is 542 g/mol. The average Bonchev–Trinajstić information content (AvgIpc) is 3.31. The molecule has 0 aliphatic heterocycles. The van der Waals surface area contributed by atoms with E-state index in [1.165, 1.54) is 6.07 Å². The number of alkyl halides is 3. The molecule has 10 heteroatoms. The van der Waals surface area contributed by atoms with Gasteiger partial charge in [0.25, 0.3) is 5.89 Å². The first-order valence-corrected chi connectivity index (χ1v) is 13.3. The third kappa shape index (κ3) is 3.89. The van der Waals surface area contributed by atoms with Crippen molar-refractivity contribution in [3.05, 3.63) is 40.2 Å². The molecule has 6 fully saturated rings. The van der Waals surface area contributed by atoms with Crippen LogP contribution in [-0.2, 0) is 16.1 Å². The Bertz CT molecular complexity index is 1180. The summed E-state index contributed by atoms with van der Waals surface area (Å²) in [5.41, 5.74) is -1.20. The van der Waals surface area contributed by atoms with E-state index in [2.05, 4.69) is 26.1 Å². The number of hydrogen-bond donors (Lipinski definition) is 0. The van der Waals surface area contributed by atoms with Crippen molar-refractivity contribution in [1.29, 1.82) is 0 Å². The molecule has 194 valence electrons. The highest BCUT2D eigenvalue weighted by atomic mass is 79.9. The number of nitrogens with zero attached hydrogens (tertiary/aromatic N) is 3. The predicted octanol–water partition coefficient (Wildman–Crippen LogP) is 6.99. The van der Waals surface area contributed by atoms with Crippen molar-refractivity contribution in [2.45, 2.75) is 88.1 Å². The summed E-state index contributed by atoms with van der Waals surface area (Å²) in [6.07, 6.45) is 6.21. The molecule has 0 saturated heterocycles. The van der Waals surface area contributed by atoms with Crippen LogP contribution in [0.1, 0.15) is 82.8 Å². The number of aromatic nitrogens is 2. The standard InChI is InChI=1S/C26H28BrF4N3O2/c1-22(29,30)21-32-20(33-36-21)25-7-4-23(5-8-25,6-9-25)15-34(16-2-3-18(28)17(27)10-16)19(35)11-24-12-26(31,13-24)14-24/h2-3,10H,4-9,11-15H2,1H3. The molecule has 6 aliphatic carbocycles. The number of rotatable bonds is 7. The van der Waals surface area contributed by atoms with Gasteiger partial charge in [0.15, 0.2) is 5.82 Å². The molecule has 36 heavy (non-hydrogen) atoms. The van der Waals surface area contributed by atoms with Crippen molar-refractivity contribution in [2.24, 2.45) is 10.8 Å². The van der Waals surface area contributed by atoms with Crippen molar-refractivity contribution < 1.29 is 26.9 Å². The van der Waals surface area contributed by atoms with Crippen LogP contribution in [0.5, 0.6) is 0 Å². The van der Waals surface area contributed by atoms with E-state index in [9.17, 15) is 22.4 Å². The van der Waals surface area contributed by atoms with Crippen LogP contribution in [0.2, 0.25) is 0 Å². The van der Waals surface area contributed by atoms with Gasteiger partial charge in [-0.2, -0.15) is 13.8 Å². The molecule has 0 unspecified atom stereocenters. The second-order valence-corrected chi connectivity index (χ2v) is 12.9. The molecule has 0 radical (unpaired) electrons. The highest BCUT2D eigenvalue weighted by Crippen LogP contribution is 2.71. The molecule has 4 bridgehead atoms. The fourth-order valence-corrected chi connectivity index (χ4v) is 7.60. The first kappa shape index (κ1) is 24.4. The number of halogens is 5. The van der Waals surface area contributed by atoms with E-state index >= 15 is 0 Å². The summed E-state index contributed by atoms with van der Waals surface area (Å²) < 4.78 is 60.5. The lowest BCUT2D eigenvalue weighted by Gasteiger charge is -2.66. The predicted molar refractivity (Wildman–Crippen MR) is 127 cm³/mol. The molecule has 1 heterocycles. The van der Waals surface area contributed by atoms with Crippen LogP contribution < -0.4 is 4.90 Å². The van der Waals surface area contributed by atoms with Crippen molar-refractivity contribution in [3.8, 4) is 0 Å². The third-order valence-electron chi connectivity index (χ3n) is 9.29. The summed E-state index contributed by atoms with van der Waals surface area (Å²) in [7, 11) is 0. The zero-order chi connectivity index (χ0) is 25.6. The zero-order valence-corrected chi connectivity index (χ0v) is 21.6. The smallest absolute Gasteiger partial charge is 0.322 e. The Labute approximate surface area is 215 Å². The van der Waals surface area contributed by atoms with Gasteiger partial charge in [0.2, 0.25) is 5.91 Å². The largest absolute Gasteiger partial charge is 0.333 e. The van der Waals surface area contributed by atoms with E-state index in [0.29, 0.717) is 43.7 Å². The Morgan fingerprint density at radius 1 is 1.11 bits per heavy atom. The van der Waals surface area contributed by atoms with Crippen molar-refractivity contribution in [2.75, 3.05) is 11.4 Å². The number of carbonyl (C=O) groups is 1. The first-order valence-electron chi connectivity index (χ1n) is 12.5. The Kier molecular flexibility index (Phi) is 5.26. The number of anilines is 1. The van der Waals surface area contributed by atoms with Gasteiger partial charge in [-0.15, -0.1) is 0 Å². The molecule has 1 aromatic heterocycles. The van der Waals surface area contributed by atoms with Gasteiger partial charge in [-0.1, -0.05) is 5.16 Å². The quantitative estimate of drug-likeness (QED) is 0.337. The fourth-order valence-electron chi connectivity index (χ4n) is 7.23. The van der Waals surface area contributed by atoms with Gasteiger partial charge in [-0.25, -0.2) is 8.78 Å². The Morgan fingerprint density at radius 2 is 1.75 bits per heavy atom. The Morgan fingerprint density at radius 3 is 2.28 bits per heavy atom. The highest BCUT2D eigenvalue weighted by Gasteiger charge is 2.69. The lowest BCUT2D eigenvalue weighted by Crippen LogP contribution is -2.65. The van der Waals surface area contributed by atoms with E-state index < -0.39 is 23.3 Å². The van der Waals surface area contributed by atoms with Crippen LogP contribution in [0.3, 0.4) is 0 Å². The van der Waals surface area contributed by atoms with Crippen molar-refractivity contribution in [1.82, 2.24) is 10.1 Å². The van der Waals surface area contributed by atoms with Gasteiger partial charge >= 0.3 is 5.92 Å². The average molecular weight is 570 g/mol. The molecule has 5 nitrogen and oxygen atoms in total. The Balaban J connectivity index is 1.21. The molecule has 2 aromatic rings. The van der Waals surface area contributed by atoms with Crippen LogP contribution in [0.4, 0.5) is 23.2 Å². The summed E-state index contributed by atoms with van der Waals surface area (Å²) in [6.45, 7) is 1.23. The third-order valence-corrected chi connectivity index (χ3v) is 9.90. The first-order chi connectivity index (χ1) is 16.8. The lowest BCUT2D eigenvalue weighted by molar-refractivity contribution is -0.215. The van der Waals surface area contributed by atoms with Gasteiger partial charge in [0.1, 0.15) is 11.5 Å².